The van der Waals surface area contributed by atoms with E-state index in [1.165, 1.54) is 25.4 Å². The summed E-state index contributed by atoms with van der Waals surface area (Å²) in [5.74, 6) is -0.354. The highest BCUT2D eigenvalue weighted by atomic mass is 19.1. The maximum atomic E-state index is 13.4. The van der Waals surface area contributed by atoms with Gasteiger partial charge in [-0.15, -0.1) is 0 Å². The van der Waals surface area contributed by atoms with E-state index >= 15 is 0 Å². The maximum Gasteiger partial charge on any atom is 0.358 e. The lowest BCUT2D eigenvalue weighted by Crippen LogP contribution is -2.68. The number of benzene rings is 1. The van der Waals surface area contributed by atoms with Crippen LogP contribution in [0, 0.1) is 5.82 Å². The molecule has 4 rings (SSSR count). The van der Waals surface area contributed by atoms with Gasteiger partial charge < -0.3 is 9.64 Å². The number of carbonyl (C=O) groups excluding carboxylic acids is 1. The topological polar surface area (TPSA) is 55.3 Å². The van der Waals surface area contributed by atoms with E-state index in [1.54, 1.807) is 12.1 Å². The smallest absolute Gasteiger partial charge is 0.358 e. The molecule has 5 nitrogen and oxygen atoms in total. The average Bonchev–Trinajstić information content (AvgIpc) is 2.58. The van der Waals surface area contributed by atoms with Crippen molar-refractivity contribution in [2.75, 3.05) is 18.6 Å². The zero-order valence-corrected chi connectivity index (χ0v) is 13.7. The van der Waals surface area contributed by atoms with Crippen molar-refractivity contribution in [3.05, 3.63) is 42.0 Å². The van der Waals surface area contributed by atoms with Gasteiger partial charge in [0.05, 0.1) is 13.3 Å². The quantitative estimate of drug-likeness (QED) is 0.800. The fourth-order valence-corrected chi connectivity index (χ4v) is 3.64. The Morgan fingerprint density at radius 2 is 2.04 bits per heavy atom. The molecule has 1 saturated heterocycles. The Morgan fingerprint density at radius 1 is 1.32 bits per heavy atom. The van der Waals surface area contributed by atoms with Gasteiger partial charge in [0.15, 0.2) is 11.5 Å². The highest BCUT2D eigenvalue weighted by Crippen LogP contribution is 2.51. The van der Waals surface area contributed by atoms with Gasteiger partial charge in [-0.2, -0.15) is 0 Å². The van der Waals surface area contributed by atoms with Gasteiger partial charge in [0.2, 0.25) is 0 Å². The normalized spacial score (nSPS) is 24.6. The van der Waals surface area contributed by atoms with E-state index in [4.69, 9.17) is 4.74 Å². The van der Waals surface area contributed by atoms with Crippen molar-refractivity contribution in [2.24, 2.45) is 0 Å². The summed E-state index contributed by atoms with van der Waals surface area (Å²) in [6.45, 7) is 0.757. The summed E-state index contributed by atoms with van der Waals surface area (Å²) in [6.07, 6.45) is 2.47. The van der Waals surface area contributed by atoms with Gasteiger partial charge in [-0.3, -0.25) is 0 Å². The van der Waals surface area contributed by atoms with Crippen LogP contribution in [-0.4, -0.2) is 41.3 Å². The number of aromatic nitrogens is 2. The highest BCUT2D eigenvalue weighted by molar-refractivity contribution is 5.88. The molecule has 0 N–H and O–H groups in total. The Labute approximate surface area is 143 Å². The molecule has 0 radical (unpaired) electrons. The minimum absolute atomic E-state index is 0.0807. The van der Waals surface area contributed by atoms with Crippen molar-refractivity contribution in [1.82, 2.24) is 9.97 Å². The molecular weight excluding hydrogens is 328 g/mol. The Hall–Kier alpha value is -2.57. The predicted molar refractivity (Wildman–Crippen MR) is 87.6 cm³/mol. The van der Waals surface area contributed by atoms with Crippen LogP contribution in [-0.2, 0) is 4.74 Å². The van der Waals surface area contributed by atoms with Crippen LogP contribution in [0.4, 0.5) is 14.6 Å². The van der Waals surface area contributed by atoms with Gasteiger partial charge in [0.25, 0.3) is 0 Å². The molecule has 1 spiro atoms. The Kier molecular flexibility index (Phi) is 3.67. The Bertz CT molecular complexity index is 820. The number of methoxy groups -OCH3 is 1. The van der Waals surface area contributed by atoms with Crippen molar-refractivity contribution in [3.63, 3.8) is 0 Å². The predicted octanol–water partition coefficient (Wildman–Crippen LogP) is 3.15. The summed E-state index contributed by atoms with van der Waals surface area (Å²) in [6, 6.07) is 5.85. The van der Waals surface area contributed by atoms with E-state index in [0.29, 0.717) is 29.9 Å². The van der Waals surface area contributed by atoms with Crippen molar-refractivity contribution < 1.29 is 18.3 Å². The fourth-order valence-electron chi connectivity index (χ4n) is 3.64. The number of hydrogen-bond donors (Lipinski definition) is 0. The monoisotopic (exact) mass is 345 g/mol. The molecule has 7 heteroatoms. The van der Waals surface area contributed by atoms with Crippen molar-refractivity contribution in [3.8, 4) is 11.3 Å². The summed E-state index contributed by atoms with van der Waals surface area (Å²) in [4.78, 5) is 22.7. The van der Waals surface area contributed by atoms with Crippen LogP contribution in [0.5, 0.6) is 0 Å². The number of alkyl halides is 1. The van der Waals surface area contributed by atoms with Crippen LogP contribution >= 0.6 is 0 Å². The highest BCUT2D eigenvalue weighted by Gasteiger charge is 2.55. The van der Waals surface area contributed by atoms with Gasteiger partial charge >= 0.3 is 5.97 Å². The number of nitrogens with zero attached hydrogens (tertiary/aromatic N) is 3. The second-order valence-electron chi connectivity index (χ2n) is 6.56. The molecule has 130 valence electrons. The number of ether oxygens (including phenoxy) is 1. The molecule has 2 aromatic rings. The van der Waals surface area contributed by atoms with E-state index in [2.05, 4.69) is 14.9 Å². The molecule has 0 bridgehead atoms. The molecule has 1 aliphatic carbocycles. The third kappa shape index (κ3) is 2.54. The lowest BCUT2D eigenvalue weighted by Gasteiger charge is -2.60. The van der Waals surface area contributed by atoms with Crippen LogP contribution < -0.4 is 4.90 Å². The molecular formula is C18H17F2N3O2. The fraction of sp³-hybridized carbons (Fsp3) is 0.389. The van der Waals surface area contributed by atoms with E-state index in [0.717, 1.165) is 13.0 Å². The summed E-state index contributed by atoms with van der Waals surface area (Å²) in [7, 11) is 1.27. The molecule has 1 saturated carbocycles. The van der Waals surface area contributed by atoms with Gasteiger partial charge in [0.1, 0.15) is 17.7 Å². The lowest BCUT2D eigenvalue weighted by molar-refractivity contribution is 0.0483. The summed E-state index contributed by atoms with van der Waals surface area (Å²) in [5.41, 5.74) is 1.00. The molecule has 0 amide bonds. The second-order valence-corrected chi connectivity index (χ2v) is 6.56. The van der Waals surface area contributed by atoms with Crippen molar-refractivity contribution in [2.45, 2.75) is 31.0 Å². The number of hydrogen-bond acceptors (Lipinski definition) is 5. The molecule has 1 aromatic heterocycles. The van der Waals surface area contributed by atoms with Crippen LogP contribution in [0.2, 0.25) is 0 Å². The number of anilines is 1. The van der Waals surface area contributed by atoms with Crippen molar-refractivity contribution in [1.29, 1.82) is 0 Å². The molecule has 1 aromatic carbocycles. The number of rotatable bonds is 3. The first-order valence-electron chi connectivity index (χ1n) is 8.15. The third-order valence-electron chi connectivity index (χ3n) is 5.10. The summed E-state index contributed by atoms with van der Waals surface area (Å²) < 4.78 is 31.4. The Morgan fingerprint density at radius 3 is 2.60 bits per heavy atom. The molecule has 2 heterocycles. The molecule has 25 heavy (non-hydrogen) atoms. The zero-order chi connectivity index (χ0) is 17.6. The maximum absolute atomic E-state index is 13.4. The van der Waals surface area contributed by atoms with Crippen LogP contribution in [0.3, 0.4) is 0 Å². The van der Waals surface area contributed by atoms with Crippen molar-refractivity contribution >= 4 is 11.8 Å². The minimum atomic E-state index is -0.778. The first-order valence-corrected chi connectivity index (χ1v) is 8.15. The first kappa shape index (κ1) is 15.9. The minimum Gasteiger partial charge on any atom is -0.464 e. The molecule has 2 fully saturated rings. The van der Waals surface area contributed by atoms with Crippen LogP contribution in [0.25, 0.3) is 11.3 Å². The number of carbonyl (C=O) groups is 1. The third-order valence-corrected chi connectivity index (χ3v) is 5.10. The number of halogens is 2. The first-order chi connectivity index (χ1) is 12.0. The van der Waals surface area contributed by atoms with Gasteiger partial charge in [-0.05, 0) is 30.7 Å². The van der Waals surface area contributed by atoms with Gasteiger partial charge in [-0.1, -0.05) is 0 Å². The van der Waals surface area contributed by atoms with E-state index in [1.807, 2.05) is 0 Å². The SMILES string of the molecule is COC(=O)c1cnc(N2CCC23CC(F)C3)c(-c2ccc(F)cc2)n1. The van der Waals surface area contributed by atoms with E-state index in [-0.39, 0.29) is 17.1 Å². The van der Waals surface area contributed by atoms with Gasteiger partial charge in [-0.25, -0.2) is 23.5 Å². The average molecular weight is 345 g/mol. The standard InChI is InChI=1S/C18H17F2N3O2/c1-25-17(24)14-10-21-16(23-7-6-18(23)8-13(20)9-18)15(22-14)11-2-4-12(19)5-3-11/h2-5,10,13H,6-9H2,1H3. The summed E-state index contributed by atoms with van der Waals surface area (Å²) in [5, 5.41) is 0. The number of esters is 1. The molecule has 0 unspecified atom stereocenters. The van der Waals surface area contributed by atoms with E-state index in [9.17, 15) is 13.6 Å². The van der Waals surface area contributed by atoms with Crippen LogP contribution in [0.1, 0.15) is 29.8 Å². The molecule has 2 aliphatic rings. The summed E-state index contributed by atoms with van der Waals surface area (Å²) >= 11 is 0. The van der Waals surface area contributed by atoms with Crippen LogP contribution in [0.15, 0.2) is 30.5 Å². The second kappa shape index (κ2) is 5.75. The van der Waals surface area contributed by atoms with Gasteiger partial charge in [0, 0.05) is 30.5 Å². The largest absolute Gasteiger partial charge is 0.464 e. The Balaban J connectivity index is 1.78. The van der Waals surface area contributed by atoms with E-state index < -0.39 is 12.1 Å². The zero-order valence-electron chi connectivity index (χ0n) is 13.7. The molecule has 0 atom stereocenters. The lowest BCUT2D eigenvalue weighted by atomic mass is 9.66. The molecule has 1 aliphatic heterocycles.